The van der Waals surface area contributed by atoms with Crippen LogP contribution in [-0.4, -0.2) is 26.3 Å². The third-order valence-electron chi connectivity index (χ3n) is 2.91. The van der Waals surface area contributed by atoms with E-state index in [9.17, 15) is 0 Å². The molecule has 0 atom stereocenters. The number of hydrogen-bond acceptors (Lipinski definition) is 4. The summed E-state index contributed by atoms with van der Waals surface area (Å²) in [6.45, 7) is 0.761. The zero-order valence-corrected chi connectivity index (χ0v) is 11.5. The summed E-state index contributed by atoms with van der Waals surface area (Å²) in [4.78, 5) is 6.41. The maximum absolute atomic E-state index is 5.31. The summed E-state index contributed by atoms with van der Waals surface area (Å²) in [5, 5.41) is 0. The molecule has 4 nitrogen and oxygen atoms in total. The van der Waals surface area contributed by atoms with Crippen molar-refractivity contribution >= 4 is 5.82 Å². The third kappa shape index (κ3) is 3.16. The lowest BCUT2D eigenvalue weighted by molar-refractivity contribution is 0.354. The van der Waals surface area contributed by atoms with Crippen LogP contribution in [-0.2, 0) is 6.54 Å². The summed E-state index contributed by atoms with van der Waals surface area (Å²) in [7, 11) is 5.29. The molecule has 0 aliphatic carbocycles. The predicted molar refractivity (Wildman–Crippen MR) is 75.9 cm³/mol. The minimum Gasteiger partial charge on any atom is -0.493 e. The second kappa shape index (κ2) is 6.09. The molecule has 2 aromatic rings. The molecule has 0 saturated heterocycles. The van der Waals surface area contributed by atoms with Gasteiger partial charge in [-0.3, -0.25) is 0 Å². The summed E-state index contributed by atoms with van der Waals surface area (Å²) in [6, 6.07) is 11.8. The first-order valence-electron chi connectivity index (χ1n) is 6.07. The Morgan fingerprint density at radius 2 is 1.84 bits per heavy atom. The molecular weight excluding hydrogens is 240 g/mol. The second-order valence-electron chi connectivity index (χ2n) is 4.23. The largest absolute Gasteiger partial charge is 0.493 e. The van der Waals surface area contributed by atoms with Crippen LogP contribution in [0.3, 0.4) is 0 Å². The number of aromatic nitrogens is 1. The van der Waals surface area contributed by atoms with E-state index in [4.69, 9.17) is 9.47 Å². The molecule has 1 aromatic carbocycles. The van der Waals surface area contributed by atoms with Crippen LogP contribution in [0.15, 0.2) is 42.6 Å². The van der Waals surface area contributed by atoms with Crippen molar-refractivity contribution in [2.45, 2.75) is 6.54 Å². The zero-order chi connectivity index (χ0) is 13.7. The monoisotopic (exact) mass is 258 g/mol. The van der Waals surface area contributed by atoms with E-state index in [1.807, 2.05) is 43.4 Å². The van der Waals surface area contributed by atoms with Crippen molar-refractivity contribution in [1.82, 2.24) is 4.98 Å². The molecule has 0 spiro atoms. The SMILES string of the molecule is COc1ccc(CN(C)c2ccccn2)cc1OC. The number of ether oxygens (including phenoxy) is 2. The van der Waals surface area contributed by atoms with Gasteiger partial charge < -0.3 is 14.4 Å². The highest BCUT2D eigenvalue weighted by Crippen LogP contribution is 2.28. The maximum Gasteiger partial charge on any atom is 0.161 e. The Bertz CT molecular complexity index is 529. The van der Waals surface area contributed by atoms with Crippen molar-refractivity contribution in [3.05, 3.63) is 48.2 Å². The van der Waals surface area contributed by atoms with Crippen LogP contribution >= 0.6 is 0 Å². The van der Waals surface area contributed by atoms with Gasteiger partial charge in [0.2, 0.25) is 0 Å². The van der Waals surface area contributed by atoms with Crippen LogP contribution in [0.25, 0.3) is 0 Å². The van der Waals surface area contributed by atoms with Gasteiger partial charge in [0.15, 0.2) is 11.5 Å². The van der Waals surface area contributed by atoms with E-state index in [1.54, 1.807) is 20.4 Å². The lowest BCUT2D eigenvalue weighted by Crippen LogP contribution is -2.17. The summed E-state index contributed by atoms with van der Waals surface area (Å²) in [5.41, 5.74) is 1.14. The number of rotatable bonds is 5. The van der Waals surface area contributed by atoms with E-state index < -0.39 is 0 Å². The van der Waals surface area contributed by atoms with Crippen LogP contribution in [0.2, 0.25) is 0 Å². The molecule has 19 heavy (non-hydrogen) atoms. The van der Waals surface area contributed by atoms with Crippen LogP contribution in [0, 0.1) is 0 Å². The fraction of sp³-hybridized carbons (Fsp3) is 0.267. The molecule has 0 N–H and O–H groups in total. The smallest absolute Gasteiger partial charge is 0.161 e. The highest BCUT2D eigenvalue weighted by Gasteiger charge is 2.07. The van der Waals surface area contributed by atoms with Crippen molar-refractivity contribution < 1.29 is 9.47 Å². The van der Waals surface area contributed by atoms with Gasteiger partial charge in [0.1, 0.15) is 5.82 Å². The lowest BCUT2D eigenvalue weighted by atomic mass is 10.2. The fourth-order valence-corrected chi connectivity index (χ4v) is 1.91. The molecule has 0 bridgehead atoms. The van der Waals surface area contributed by atoms with Crippen LogP contribution in [0.5, 0.6) is 11.5 Å². The van der Waals surface area contributed by atoms with Gasteiger partial charge in [0, 0.05) is 19.8 Å². The molecule has 100 valence electrons. The van der Waals surface area contributed by atoms with Gasteiger partial charge in [0.25, 0.3) is 0 Å². The van der Waals surface area contributed by atoms with Crippen molar-refractivity contribution in [2.24, 2.45) is 0 Å². The first kappa shape index (κ1) is 13.2. The van der Waals surface area contributed by atoms with Gasteiger partial charge in [-0.15, -0.1) is 0 Å². The van der Waals surface area contributed by atoms with Gasteiger partial charge in [0.05, 0.1) is 14.2 Å². The molecule has 0 fully saturated rings. The van der Waals surface area contributed by atoms with Gasteiger partial charge in [-0.2, -0.15) is 0 Å². The number of anilines is 1. The Hall–Kier alpha value is -2.23. The second-order valence-corrected chi connectivity index (χ2v) is 4.23. The summed E-state index contributed by atoms with van der Waals surface area (Å²) in [6.07, 6.45) is 1.79. The summed E-state index contributed by atoms with van der Waals surface area (Å²) < 4.78 is 10.5. The van der Waals surface area contributed by atoms with Crippen molar-refractivity contribution in [3.8, 4) is 11.5 Å². The normalized spacial score (nSPS) is 10.1. The number of hydrogen-bond donors (Lipinski definition) is 0. The van der Waals surface area contributed by atoms with E-state index in [0.29, 0.717) is 0 Å². The summed E-state index contributed by atoms with van der Waals surface area (Å²) in [5.74, 6) is 2.43. The van der Waals surface area contributed by atoms with Crippen LogP contribution < -0.4 is 14.4 Å². The molecule has 1 heterocycles. The molecule has 0 aliphatic rings. The third-order valence-corrected chi connectivity index (χ3v) is 2.91. The lowest BCUT2D eigenvalue weighted by Gasteiger charge is -2.18. The molecular formula is C15H18N2O2. The van der Waals surface area contributed by atoms with Crippen molar-refractivity contribution in [2.75, 3.05) is 26.2 Å². The average molecular weight is 258 g/mol. The molecule has 0 amide bonds. The van der Waals surface area contributed by atoms with Gasteiger partial charge in [-0.25, -0.2) is 4.98 Å². The maximum atomic E-state index is 5.31. The number of nitrogens with zero attached hydrogens (tertiary/aromatic N) is 2. The van der Waals surface area contributed by atoms with Gasteiger partial charge in [-0.1, -0.05) is 12.1 Å². The first-order valence-corrected chi connectivity index (χ1v) is 6.07. The Morgan fingerprint density at radius 1 is 1.05 bits per heavy atom. The molecule has 1 aromatic heterocycles. The van der Waals surface area contributed by atoms with E-state index >= 15 is 0 Å². The summed E-state index contributed by atoms with van der Waals surface area (Å²) >= 11 is 0. The van der Waals surface area contributed by atoms with Gasteiger partial charge >= 0.3 is 0 Å². The molecule has 4 heteroatoms. The molecule has 2 rings (SSSR count). The fourth-order valence-electron chi connectivity index (χ4n) is 1.91. The molecule has 0 aliphatic heterocycles. The minimum atomic E-state index is 0.742. The molecule has 0 radical (unpaired) electrons. The number of methoxy groups -OCH3 is 2. The van der Waals surface area contributed by atoms with E-state index in [1.165, 1.54) is 0 Å². The van der Waals surface area contributed by atoms with Crippen molar-refractivity contribution in [3.63, 3.8) is 0 Å². The van der Waals surface area contributed by atoms with Crippen LogP contribution in [0.4, 0.5) is 5.82 Å². The first-order chi connectivity index (χ1) is 9.24. The van der Waals surface area contributed by atoms with Crippen LogP contribution in [0.1, 0.15) is 5.56 Å². The van der Waals surface area contributed by atoms with Gasteiger partial charge in [-0.05, 0) is 29.8 Å². The topological polar surface area (TPSA) is 34.6 Å². The number of pyridine rings is 1. The van der Waals surface area contributed by atoms with E-state index in [0.717, 1.165) is 29.4 Å². The zero-order valence-electron chi connectivity index (χ0n) is 11.5. The Kier molecular flexibility index (Phi) is 4.23. The average Bonchev–Trinajstić information content (AvgIpc) is 2.48. The standard InChI is InChI=1S/C15H18N2O2/c1-17(15-6-4-5-9-16-15)11-12-7-8-13(18-2)14(10-12)19-3/h4-10H,11H2,1-3H3. The highest BCUT2D eigenvalue weighted by molar-refractivity contribution is 5.45. The van der Waals surface area contributed by atoms with E-state index in [-0.39, 0.29) is 0 Å². The predicted octanol–water partition coefficient (Wildman–Crippen LogP) is 2.74. The quantitative estimate of drug-likeness (QED) is 0.826. The Morgan fingerprint density at radius 3 is 2.47 bits per heavy atom. The minimum absolute atomic E-state index is 0.742. The molecule has 0 saturated carbocycles. The van der Waals surface area contributed by atoms with Crippen molar-refractivity contribution in [1.29, 1.82) is 0 Å². The molecule has 0 unspecified atom stereocenters. The number of benzene rings is 1. The highest BCUT2D eigenvalue weighted by atomic mass is 16.5. The Balaban J connectivity index is 2.15. The Labute approximate surface area is 113 Å². The van der Waals surface area contributed by atoms with E-state index in [2.05, 4.69) is 9.88 Å².